The van der Waals surface area contributed by atoms with Crippen LogP contribution in [0.4, 0.5) is 0 Å². The van der Waals surface area contributed by atoms with E-state index in [2.05, 4.69) is 54.9 Å². The number of benzene rings is 2. The topological polar surface area (TPSA) is 73.2 Å². The molecule has 1 aliphatic heterocycles. The number of carbonyl (C=O) groups excluding carboxylic acids is 2. The third-order valence-corrected chi connectivity index (χ3v) is 7.05. The molecule has 0 saturated carbocycles. The van der Waals surface area contributed by atoms with Crippen molar-refractivity contribution in [3.05, 3.63) is 83.2 Å². The van der Waals surface area contributed by atoms with Crippen LogP contribution in [0.15, 0.2) is 60.8 Å². The number of methoxy groups -OCH3 is 3. The fourth-order valence-corrected chi connectivity index (χ4v) is 4.89. The molecule has 1 aliphatic rings. The van der Waals surface area contributed by atoms with Crippen LogP contribution in [-0.2, 0) is 16.1 Å². The summed E-state index contributed by atoms with van der Waals surface area (Å²) in [4.78, 5) is 30.9. The van der Waals surface area contributed by atoms with Crippen LogP contribution in [0.1, 0.15) is 53.0 Å². The minimum Gasteiger partial charge on any atom is -0.497 e. The summed E-state index contributed by atoms with van der Waals surface area (Å²) < 4.78 is 18.1. The van der Waals surface area contributed by atoms with Crippen LogP contribution >= 0.6 is 0 Å². The van der Waals surface area contributed by atoms with E-state index in [4.69, 9.17) is 14.2 Å². The molecule has 38 heavy (non-hydrogen) atoms. The molecule has 2 aromatic carbocycles. The second-order valence-electron chi connectivity index (χ2n) is 9.76. The van der Waals surface area contributed by atoms with Gasteiger partial charge in [0.25, 0.3) is 5.91 Å². The second kappa shape index (κ2) is 12.2. The van der Waals surface area contributed by atoms with Crippen molar-refractivity contribution in [3.63, 3.8) is 0 Å². The summed E-state index contributed by atoms with van der Waals surface area (Å²) in [5, 5.41) is 0. The highest BCUT2D eigenvalue weighted by Crippen LogP contribution is 2.33. The van der Waals surface area contributed by atoms with Crippen LogP contribution in [0.5, 0.6) is 11.5 Å². The molecular weight excluding hydrogens is 482 g/mol. The lowest BCUT2D eigenvalue weighted by Gasteiger charge is -2.38. The Morgan fingerprint density at radius 1 is 0.974 bits per heavy atom. The number of nitrogens with zero attached hydrogens (tertiary/aromatic N) is 3. The number of ether oxygens (including phenoxy) is 3. The van der Waals surface area contributed by atoms with Gasteiger partial charge in [-0.15, -0.1) is 0 Å². The molecule has 2 amide bonds. The van der Waals surface area contributed by atoms with Crippen molar-refractivity contribution < 1.29 is 23.8 Å². The highest BCUT2D eigenvalue weighted by Gasteiger charge is 2.33. The first kappa shape index (κ1) is 27.3. The molecule has 0 bridgehead atoms. The summed E-state index contributed by atoms with van der Waals surface area (Å²) in [5.41, 5.74) is 3.75. The predicted octanol–water partition coefficient (Wildman–Crippen LogP) is 4.35. The van der Waals surface area contributed by atoms with E-state index >= 15 is 0 Å². The number of rotatable bonds is 10. The van der Waals surface area contributed by atoms with Crippen molar-refractivity contribution in [2.24, 2.45) is 0 Å². The zero-order valence-electron chi connectivity index (χ0n) is 22.8. The fourth-order valence-electron chi connectivity index (χ4n) is 4.89. The van der Waals surface area contributed by atoms with Gasteiger partial charge in [0.1, 0.15) is 18.0 Å². The van der Waals surface area contributed by atoms with E-state index in [9.17, 15) is 9.59 Å². The normalized spacial score (nSPS) is 14.8. The lowest BCUT2D eigenvalue weighted by molar-refractivity contribution is -0.134. The summed E-state index contributed by atoms with van der Waals surface area (Å²) in [6.45, 7) is 6.11. The average Bonchev–Trinajstić information content (AvgIpc) is 3.43. The van der Waals surface area contributed by atoms with Crippen LogP contribution in [0, 0.1) is 0 Å². The summed E-state index contributed by atoms with van der Waals surface area (Å²) >= 11 is 0. The zero-order valence-corrected chi connectivity index (χ0v) is 22.8. The standard InChI is InChI=1S/C30H37N3O5/c1-21(2)22-8-10-23(11-9-22)29-27-7-6-12-31(27)13-14-33(29)28(34)20-32(15-16-36-3)30(35)24-17-25(37-4)19-26(18-24)38-5/h6-12,17-19,21,29H,13-16,20H2,1-5H3. The molecule has 2 heterocycles. The van der Waals surface area contributed by atoms with Crippen molar-refractivity contribution >= 4 is 11.8 Å². The first-order chi connectivity index (χ1) is 18.4. The molecule has 0 spiro atoms. The van der Waals surface area contributed by atoms with Crippen molar-refractivity contribution in [3.8, 4) is 11.5 Å². The Bertz CT molecular complexity index is 1230. The summed E-state index contributed by atoms with van der Waals surface area (Å²) in [5.74, 6) is 1.04. The molecule has 0 radical (unpaired) electrons. The van der Waals surface area contributed by atoms with E-state index in [1.807, 2.05) is 11.0 Å². The van der Waals surface area contributed by atoms with Gasteiger partial charge < -0.3 is 28.6 Å². The molecule has 4 rings (SSSR count). The van der Waals surface area contributed by atoms with Crippen molar-refractivity contribution in [2.45, 2.75) is 32.4 Å². The summed E-state index contributed by atoms with van der Waals surface area (Å²) in [7, 11) is 4.65. The quantitative estimate of drug-likeness (QED) is 0.398. The van der Waals surface area contributed by atoms with Crippen LogP contribution in [0.2, 0.25) is 0 Å². The minimum atomic E-state index is -0.286. The summed E-state index contributed by atoms with van der Waals surface area (Å²) in [6.07, 6.45) is 2.05. The number of amides is 2. The summed E-state index contributed by atoms with van der Waals surface area (Å²) in [6, 6.07) is 17.4. The van der Waals surface area contributed by atoms with Crippen molar-refractivity contribution in [1.29, 1.82) is 0 Å². The monoisotopic (exact) mass is 519 g/mol. The van der Waals surface area contributed by atoms with Gasteiger partial charge >= 0.3 is 0 Å². The van der Waals surface area contributed by atoms with E-state index < -0.39 is 0 Å². The molecule has 0 saturated heterocycles. The number of aromatic nitrogens is 1. The third kappa shape index (κ3) is 5.86. The lowest BCUT2D eigenvalue weighted by atomic mass is 9.95. The maximum absolute atomic E-state index is 13.9. The van der Waals surface area contributed by atoms with Crippen LogP contribution in [-0.4, -0.2) is 73.8 Å². The molecule has 8 heteroatoms. The Kier molecular flexibility index (Phi) is 8.73. The highest BCUT2D eigenvalue weighted by molar-refractivity contribution is 5.97. The Labute approximate surface area is 224 Å². The van der Waals surface area contributed by atoms with Gasteiger partial charge in [-0.3, -0.25) is 9.59 Å². The predicted molar refractivity (Wildman–Crippen MR) is 146 cm³/mol. The third-order valence-electron chi connectivity index (χ3n) is 7.05. The van der Waals surface area contributed by atoms with Gasteiger partial charge in [0.05, 0.1) is 26.9 Å². The van der Waals surface area contributed by atoms with Crippen molar-refractivity contribution in [2.75, 3.05) is 47.6 Å². The fraction of sp³-hybridized carbons (Fsp3) is 0.400. The lowest BCUT2D eigenvalue weighted by Crippen LogP contribution is -2.48. The number of fused-ring (bicyclic) bond motifs is 1. The van der Waals surface area contributed by atoms with E-state index in [-0.39, 0.29) is 30.9 Å². The van der Waals surface area contributed by atoms with Crippen LogP contribution in [0.3, 0.4) is 0 Å². The first-order valence-electron chi connectivity index (χ1n) is 12.9. The smallest absolute Gasteiger partial charge is 0.254 e. The molecule has 1 atom stereocenters. The van der Waals surface area contributed by atoms with E-state index in [0.717, 1.165) is 11.3 Å². The van der Waals surface area contributed by atoms with Gasteiger partial charge in [0.2, 0.25) is 5.91 Å². The van der Waals surface area contributed by atoms with Gasteiger partial charge in [-0.2, -0.15) is 0 Å². The highest BCUT2D eigenvalue weighted by atomic mass is 16.5. The van der Waals surface area contributed by atoms with Gasteiger partial charge in [-0.1, -0.05) is 38.1 Å². The van der Waals surface area contributed by atoms with E-state index in [1.165, 1.54) is 24.7 Å². The Balaban J connectivity index is 1.62. The number of hydrogen-bond acceptors (Lipinski definition) is 5. The van der Waals surface area contributed by atoms with Crippen LogP contribution in [0.25, 0.3) is 0 Å². The largest absolute Gasteiger partial charge is 0.497 e. The van der Waals surface area contributed by atoms with E-state index in [0.29, 0.717) is 42.7 Å². The Morgan fingerprint density at radius 2 is 1.66 bits per heavy atom. The number of carbonyl (C=O) groups is 2. The molecule has 0 aliphatic carbocycles. The van der Waals surface area contributed by atoms with E-state index in [1.54, 1.807) is 25.3 Å². The maximum Gasteiger partial charge on any atom is 0.254 e. The average molecular weight is 520 g/mol. The molecule has 1 aromatic heterocycles. The second-order valence-corrected chi connectivity index (χ2v) is 9.76. The maximum atomic E-state index is 13.9. The Morgan fingerprint density at radius 3 is 2.26 bits per heavy atom. The molecule has 202 valence electrons. The van der Waals surface area contributed by atoms with Gasteiger partial charge in [0, 0.05) is 50.3 Å². The molecule has 3 aromatic rings. The van der Waals surface area contributed by atoms with Gasteiger partial charge in [-0.05, 0) is 41.3 Å². The molecular formula is C30H37N3O5. The SMILES string of the molecule is COCCN(CC(=O)N1CCn2cccc2C1c1ccc(C(C)C)cc1)C(=O)c1cc(OC)cc(OC)c1. The Hall–Kier alpha value is -3.78. The molecule has 1 unspecified atom stereocenters. The molecule has 0 N–H and O–H groups in total. The molecule has 0 fully saturated rings. The van der Waals surface area contributed by atoms with Gasteiger partial charge in [-0.25, -0.2) is 0 Å². The van der Waals surface area contributed by atoms with Gasteiger partial charge in [0.15, 0.2) is 0 Å². The van der Waals surface area contributed by atoms with Crippen LogP contribution < -0.4 is 9.47 Å². The molecule has 8 nitrogen and oxygen atoms in total. The minimum absolute atomic E-state index is 0.0665. The zero-order chi connectivity index (χ0) is 27.2. The number of hydrogen-bond donors (Lipinski definition) is 0. The van der Waals surface area contributed by atoms with Crippen molar-refractivity contribution in [1.82, 2.24) is 14.4 Å². The first-order valence-corrected chi connectivity index (χ1v) is 12.9.